The second kappa shape index (κ2) is 13.8. The maximum Gasteiger partial charge on any atom is 0.259 e. The van der Waals surface area contributed by atoms with E-state index in [0.29, 0.717) is 49.6 Å². The van der Waals surface area contributed by atoms with Gasteiger partial charge in [0.15, 0.2) is 0 Å². The maximum absolute atomic E-state index is 13.4. The molecule has 0 aliphatic rings. The third-order valence-corrected chi connectivity index (χ3v) is 7.62. The van der Waals surface area contributed by atoms with E-state index >= 15 is 0 Å². The number of carbonyl (C=O) groups is 3. The molecule has 0 aliphatic carbocycles. The first kappa shape index (κ1) is 29.5. The topological polar surface area (TPSA) is 121 Å². The first-order valence-electron chi connectivity index (χ1n) is 14.7. The fourth-order valence-electron chi connectivity index (χ4n) is 5.38. The van der Waals surface area contributed by atoms with Crippen LogP contribution in [-0.4, -0.2) is 35.2 Å². The Morgan fingerprint density at radius 3 is 2.37 bits per heavy atom. The minimum Gasteiger partial charge on any atom is -0.463 e. The van der Waals surface area contributed by atoms with Gasteiger partial charge in [-0.05, 0) is 55.5 Å². The molecule has 220 valence electrons. The molecule has 5 rings (SSSR count). The number of Topliss-reactive ketones (excluding diaryl/α,β-unsaturated/α-hetero) is 1. The van der Waals surface area contributed by atoms with Crippen LogP contribution in [-0.2, 0) is 16.0 Å². The van der Waals surface area contributed by atoms with Gasteiger partial charge in [0.1, 0.15) is 29.2 Å². The molecule has 0 fully saturated rings. The first-order chi connectivity index (χ1) is 20.9. The van der Waals surface area contributed by atoms with Crippen molar-refractivity contribution in [2.45, 2.75) is 51.5 Å². The minimum absolute atomic E-state index is 0.123. The molecule has 8 heteroatoms. The van der Waals surface area contributed by atoms with Crippen LogP contribution in [0, 0.1) is 0 Å². The van der Waals surface area contributed by atoms with Crippen LogP contribution in [0.1, 0.15) is 54.9 Å². The number of nitrogens with one attached hydrogen (secondary N) is 3. The van der Waals surface area contributed by atoms with Gasteiger partial charge in [-0.3, -0.25) is 14.4 Å². The lowest BCUT2D eigenvalue weighted by Gasteiger charge is -2.19. The molecule has 0 saturated carbocycles. The fraction of sp³-hybridized carbons (Fsp3) is 0.257. The summed E-state index contributed by atoms with van der Waals surface area (Å²) in [6.07, 6.45) is 4.67. The van der Waals surface area contributed by atoms with E-state index in [2.05, 4.69) is 21.7 Å². The highest BCUT2D eigenvalue weighted by molar-refractivity contribution is 5.99. The van der Waals surface area contributed by atoms with Crippen LogP contribution in [0.4, 0.5) is 0 Å². The van der Waals surface area contributed by atoms with Crippen LogP contribution in [0.3, 0.4) is 0 Å². The third-order valence-electron chi connectivity index (χ3n) is 7.62. The Morgan fingerprint density at radius 1 is 0.860 bits per heavy atom. The lowest BCUT2D eigenvalue weighted by atomic mass is 10.0. The monoisotopic (exact) mass is 577 g/mol. The van der Waals surface area contributed by atoms with E-state index in [4.69, 9.17) is 4.42 Å². The van der Waals surface area contributed by atoms with Gasteiger partial charge in [-0.1, -0.05) is 73.5 Å². The quantitative estimate of drug-likeness (QED) is 0.150. The third kappa shape index (κ3) is 7.09. The Bertz CT molecular complexity index is 1810. The number of hydrogen-bond acceptors (Lipinski definition) is 5. The number of aromatic nitrogens is 1. The van der Waals surface area contributed by atoms with E-state index in [9.17, 15) is 19.2 Å². The predicted octanol–water partition coefficient (Wildman–Crippen LogP) is 5.94. The number of hydrogen-bond donors (Lipinski definition) is 3. The molecule has 0 saturated heterocycles. The van der Waals surface area contributed by atoms with Crippen molar-refractivity contribution in [3.05, 3.63) is 106 Å². The number of fused-ring (bicyclic) bond motifs is 2. The van der Waals surface area contributed by atoms with Crippen molar-refractivity contribution in [2.24, 2.45) is 0 Å². The van der Waals surface area contributed by atoms with Gasteiger partial charge >= 0.3 is 0 Å². The summed E-state index contributed by atoms with van der Waals surface area (Å²) in [4.78, 5) is 54.5. The summed E-state index contributed by atoms with van der Waals surface area (Å²) in [6.45, 7) is 1.91. The van der Waals surface area contributed by atoms with Gasteiger partial charge in [0.25, 0.3) is 5.91 Å². The Hall–Kier alpha value is -4.98. The van der Waals surface area contributed by atoms with Crippen LogP contribution >= 0.6 is 0 Å². The van der Waals surface area contributed by atoms with E-state index < -0.39 is 17.4 Å². The molecule has 3 aromatic carbocycles. The standard InChI is InChI=1S/C35H35N3O5/c1-23(39)12-4-2-7-18-30(38-34(41)28-22-43-31-19-11-9-16-27(31)33(28)40)35(42)36-21-20-26-25-15-8-10-17-29(25)37-32(26)24-13-5-3-6-14-24/h3,5-6,8-11,13-17,19,22,30,37H,2,4,7,12,18,20-21H2,1H3,(H,36,42)(H,38,41)/t30-/m0/s1. The van der Waals surface area contributed by atoms with E-state index in [-0.39, 0.29) is 17.3 Å². The van der Waals surface area contributed by atoms with Crippen molar-refractivity contribution in [1.29, 1.82) is 0 Å². The molecule has 2 aromatic heterocycles. The average Bonchev–Trinajstić information content (AvgIpc) is 3.39. The second-order valence-corrected chi connectivity index (χ2v) is 10.7. The first-order valence-corrected chi connectivity index (χ1v) is 14.7. The van der Waals surface area contributed by atoms with E-state index in [1.54, 1.807) is 31.2 Å². The summed E-state index contributed by atoms with van der Waals surface area (Å²) >= 11 is 0. The Labute approximate surface area is 249 Å². The summed E-state index contributed by atoms with van der Waals surface area (Å²) in [6, 6.07) is 24.0. The van der Waals surface area contributed by atoms with Crippen molar-refractivity contribution < 1.29 is 18.8 Å². The highest BCUT2D eigenvalue weighted by atomic mass is 16.3. The highest BCUT2D eigenvalue weighted by Gasteiger charge is 2.24. The Morgan fingerprint density at radius 2 is 1.58 bits per heavy atom. The summed E-state index contributed by atoms with van der Waals surface area (Å²) in [5.41, 5.74) is 3.97. The summed E-state index contributed by atoms with van der Waals surface area (Å²) in [5.74, 6) is -0.865. The summed E-state index contributed by atoms with van der Waals surface area (Å²) < 4.78 is 5.52. The molecule has 0 unspecified atom stereocenters. The Balaban J connectivity index is 1.30. The number of H-pyrrole nitrogens is 1. The molecule has 3 N–H and O–H groups in total. The van der Waals surface area contributed by atoms with Crippen molar-refractivity contribution in [3.63, 3.8) is 0 Å². The van der Waals surface area contributed by atoms with Gasteiger partial charge in [-0.15, -0.1) is 0 Å². The van der Waals surface area contributed by atoms with Gasteiger partial charge in [0.2, 0.25) is 11.3 Å². The van der Waals surface area contributed by atoms with Crippen LogP contribution in [0.2, 0.25) is 0 Å². The molecule has 1 atom stereocenters. The Kier molecular flexibility index (Phi) is 9.46. The maximum atomic E-state index is 13.4. The number of amides is 2. The number of para-hydroxylation sites is 2. The average molecular weight is 578 g/mol. The predicted molar refractivity (Wildman–Crippen MR) is 168 cm³/mol. The second-order valence-electron chi connectivity index (χ2n) is 10.7. The van der Waals surface area contributed by atoms with Crippen LogP contribution in [0.25, 0.3) is 33.1 Å². The van der Waals surface area contributed by atoms with Gasteiger partial charge in [-0.25, -0.2) is 0 Å². The molecule has 2 heterocycles. The van der Waals surface area contributed by atoms with Gasteiger partial charge in [0, 0.05) is 29.6 Å². The number of benzene rings is 3. The normalized spacial score (nSPS) is 11.8. The number of unbranched alkanes of at least 4 members (excludes halogenated alkanes) is 2. The van der Waals surface area contributed by atoms with Crippen LogP contribution < -0.4 is 16.1 Å². The van der Waals surface area contributed by atoms with Crippen molar-refractivity contribution in [2.75, 3.05) is 6.54 Å². The number of carbonyl (C=O) groups excluding carboxylic acids is 3. The molecular formula is C35H35N3O5. The molecular weight excluding hydrogens is 542 g/mol. The molecule has 0 aliphatic heterocycles. The van der Waals surface area contributed by atoms with Crippen molar-refractivity contribution in [3.8, 4) is 11.3 Å². The van der Waals surface area contributed by atoms with Crippen molar-refractivity contribution >= 4 is 39.5 Å². The summed E-state index contributed by atoms with van der Waals surface area (Å²) in [5, 5.41) is 7.16. The van der Waals surface area contributed by atoms with Crippen molar-refractivity contribution in [1.82, 2.24) is 15.6 Å². The SMILES string of the molecule is CC(=O)CCCCC[C@H](NC(=O)c1coc2ccccc2c1=O)C(=O)NCCc1c(-c2ccccc2)[nH]c2ccccc12. The lowest BCUT2D eigenvalue weighted by molar-refractivity contribution is -0.123. The van der Waals surface area contributed by atoms with E-state index in [0.717, 1.165) is 40.4 Å². The fourth-order valence-corrected chi connectivity index (χ4v) is 5.38. The lowest BCUT2D eigenvalue weighted by Crippen LogP contribution is -2.48. The zero-order chi connectivity index (χ0) is 30.2. The smallest absolute Gasteiger partial charge is 0.259 e. The van der Waals surface area contributed by atoms with Gasteiger partial charge < -0.3 is 24.8 Å². The van der Waals surface area contributed by atoms with Crippen LogP contribution in [0.15, 0.2) is 94.3 Å². The summed E-state index contributed by atoms with van der Waals surface area (Å²) in [7, 11) is 0. The molecule has 8 nitrogen and oxygen atoms in total. The number of rotatable bonds is 13. The largest absolute Gasteiger partial charge is 0.463 e. The van der Waals surface area contributed by atoms with Gasteiger partial charge in [-0.2, -0.15) is 0 Å². The van der Waals surface area contributed by atoms with E-state index in [1.165, 1.54) is 0 Å². The molecule has 0 radical (unpaired) electrons. The van der Waals surface area contributed by atoms with Gasteiger partial charge in [0.05, 0.1) is 5.39 Å². The molecule has 43 heavy (non-hydrogen) atoms. The minimum atomic E-state index is -0.854. The van der Waals surface area contributed by atoms with Crippen LogP contribution in [0.5, 0.6) is 0 Å². The zero-order valence-electron chi connectivity index (χ0n) is 24.2. The molecule has 0 spiro atoms. The number of aromatic amines is 1. The zero-order valence-corrected chi connectivity index (χ0v) is 24.2. The molecule has 5 aromatic rings. The number of ketones is 1. The molecule has 0 bridgehead atoms. The van der Waals surface area contributed by atoms with E-state index in [1.807, 2.05) is 48.5 Å². The molecule has 2 amide bonds. The highest BCUT2D eigenvalue weighted by Crippen LogP contribution is 2.30.